The highest BCUT2D eigenvalue weighted by molar-refractivity contribution is 7.85. The zero-order chi connectivity index (χ0) is 13.8. The Morgan fingerprint density at radius 3 is 2.67 bits per heavy atom. The minimum absolute atomic E-state index is 0.0143. The third kappa shape index (κ3) is 4.66. The van der Waals surface area contributed by atoms with E-state index in [1.807, 2.05) is 0 Å². The molecule has 0 saturated heterocycles. The number of ether oxygens (including phenoxy) is 1. The zero-order valence-electron chi connectivity index (χ0n) is 9.79. The topological polar surface area (TPSA) is 52.3 Å². The first kappa shape index (κ1) is 15.0. The molecule has 0 spiro atoms. The number of hydrogen-bond acceptors (Lipinski definition) is 3. The van der Waals surface area contributed by atoms with Gasteiger partial charge in [0.2, 0.25) is 0 Å². The van der Waals surface area contributed by atoms with Crippen molar-refractivity contribution in [2.45, 2.75) is 18.0 Å². The molecule has 1 rings (SSSR count). The average Bonchev–Trinajstić information content (AvgIpc) is 2.26. The Balaban J connectivity index is 2.49. The number of nitrogen functional groups attached to an aromatic ring is 1. The number of rotatable bonds is 5. The number of halogens is 3. The van der Waals surface area contributed by atoms with E-state index in [9.17, 15) is 17.4 Å². The van der Waals surface area contributed by atoms with E-state index < -0.39 is 23.6 Å². The van der Waals surface area contributed by atoms with Crippen molar-refractivity contribution in [2.75, 3.05) is 24.7 Å². The van der Waals surface area contributed by atoms with Gasteiger partial charge in [0.05, 0.1) is 23.2 Å². The minimum atomic E-state index is -4.35. The summed E-state index contributed by atoms with van der Waals surface area (Å²) in [7, 11) is -1.41. The van der Waals surface area contributed by atoms with E-state index in [4.69, 9.17) is 5.73 Å². The Kier molecular flexibility index (Phi) is 5.15. The molecule has 0 bridgehead atoms. The third-order valence-corrected chi connectivity index (χ3v) is 3.72. The monoisotopic (exact) mass is 281 g/mol. The Bertz CT molecular complexity index is 435. The van der Waals surface area contributed by atoms with E-state index >= 15 is 0 Å². The summed E-state index contributed by atoms with van der Waals surface area (Å²) in [5, 5.41) is 0. The van der Waals surface area contributed by atoms with Crippen LogP contribution >= 0.6 is 0 Å². The molecule has 102 valence electrons. The molecule has 0 radical (unpaired) electrons. The van der Waals surface area contributed by atoms with E-state index in [0.29, 0.717) is 16.1 Å². The van der Waals surface area contributed by atoms with Crippen molar-refractivity contribution in [2.24, 2.45) is 0 Å². The normalized spacial score (nSPS) is 13.6. The largest absolute Gasteiger partial charge is 0.411 e. The van der Waals surface area contributed by atoms with Crippen LogP contribution in [0.25, 0.3) is 0 Å². The van der Waals surface area contributed by atoms with Crippen molar-refractivity contribution in [3.63, 3.8) is 0 Å². The lowest BCUT2D eigenvalue weighted by atomic mass is 10.2. The highest BCUT2D eigenvalue weighted by Crippen LogP contribution is 2.19. The molecule has 0 aliphatic rings. The van der Waals surface area contributed by atoms with Crippen LogP contribution in [0.2, 0.25) is 0 Å². The molecule has 0 aromatic heterocycles. The van der Waals surface area contributed by atoms with Crippen LogP contribution in [0.3, 0.4) is 0 Å². The summed E-state index contributed by atoms with van der Waals surface area (Å²) in [6.45, 7) is 0.194. The highest BCUT2D eigenvalue weighted by Gasteiger charge is 2.27. The fourth-order valence-electron chi connectivity index (χ4n) is 1.31. The van der Waals surface area contributed by atoms with Gasteiger partial charge in [-0.3, -0.25) is 4.21 Å². The molecule has 1 aromatic rings. The molecule has 1 atom stereocenters. The van der Waals surface area contributed by atoms with Crippen LogP contribution in [0, 0.1) is 6.92 Å². The van der Waals surface area contributed by atoms with E-state index in [1.54, 1.807) is 25.1 Å². The number of anilines is 1. The molecular weight excluding hydrogens is 267 g/mol. The van der Waals surface area contributed by atoms with Crippen molar-refractivity contribution in [3.05, 3.63) is 23.8 Å². The van der Waals surface area contributed by atoms with Crippen LogP contribution < -0.4 is 5.73 Å². The molecule has 7 heteroatoms. The van der Waals surface area contributed by atoms with Gasteiger partial charge in [-0.25, -0.2) is 0 Å². The maximum Gasteiger partial charge on any atom is 0.411 e. The fraction of sp³-hybridized carbons (Fsp3) is 0.455. The van der Waals surface area contributed by atoms with Crippen LogP contribution in [0.15, 0.2) is 23.1 Å². The first-order valence-corrected chi connectivity index (χ1v) is 6.51. The van der Waals surface area contributed by atoms with E-state index in [0.717, 1.165) is 0 Å². The van der Waals surface area contributed by atoms with Crippen LogP contribution in [0.1, 0.15) is 5.56 Å². The van der Waals surface area contributed by atoms with Gasteiger partial charge < -0.3 is 10.5 Å². The summed E-state index contributed by atoms with van der Waals surface area (Å²) in [5.74, 6) is 0.0143. The second-order valence-electron chi connectivity index (χ2n) is 3.69. The molecular formula is C11H14F3NO2S. The quantitative estimate of drug-likeness (QED) is 0.665. The molecule has 0 aliphatic heterocycles. The average molecular weight is 281 g/mol. The molecule has 0 fully saturated rings. The Morgan fingerprint density at radius 1 is 1.39 bits per heavy atom. The smallest absolute Gasteiger partial charge is 0.398 e. The first-order chi connectivity index (χ1) is 8.31. The maximum absolute atomic E-state index is 11.8. The van der Waals surface area contributed by atoms with Gasteiger partial charge in [0, 0.05) is 10.6 Å². The standard InChI is InChI=1S/C11H14F3NO2S/c1-8-9(15)3-2-4-10(8)18(16)6-5-17-7-11(12,13)14/h2-4H,5-7,15H2,1H3. The molecule has 18 heavy (non-hydrogen) atoms. The summed E-state index contributed by atoms with van der Waals surface area (Å²) in [6, 6.07) is 4.98. The third-order valence-electron chi connectivity index (χ3n) is 2.25. The predicted octanol–water partition coefficient (Wildman–Crippen LogP) is 2.26. The Labute approximate surface area is 106 Å². The summed E-state index contributed by atoms with van der Waals surface area (Å²) < 4.78 is 51.7. The molecule has 1 aromatic carbocycles. The molecule has 0 amide bonds. The molecule has 2 N–H and O–H groups in total. The van der Waals surface area contributed by atoms with Crippen molar-refractivity contribution >= 4 is 16.5 Å². The first-order valence-electron chi connectivity index (χ1n) is 5.19. The summed E-state index contributed by atoms with van der Waals surface area (Å²) in [5.41, 5.74) is 6.85. The van der Waals surface area contributed by atoms with Crippen LogP contribution in [-0.2, 0) is 15.5 Å². The number of nitrogens with two attached hydrogens (primary N) is 1. The van der Waals surface area contributed by atoms with Crippen molar-refractivity contribution in [3.8, 4) is 0 Å². The maximum atomic E-state index is 11.8. The fourth-order valence-corrected chi connectivity index (χ4v) is 2.49. The van der Waals surface area contributed by atoms with Gasteiger partial charge in [-0.15, -0.1) is 0 Å². The molecule has 0 heterocycles. The number of benzene rings is 1. The Hall–Kier alpha value is -1.08. The predicted molar refractivity (Wildman–Crippen MR) is 63.7 cm³/mol. The van der Waals surface area contributed by atoms with Gasteiger partial charge in [0.25, 0.3) is 0 Å². The van der Waals surface area contributed by atoms with Gasteiger partial charge >= 0.3 is 6.18 Å². The summed E-state index contributed by atoms with van der Waals surface area (Å²) >= 11 is 0. The van der Waals surface area contributed by atoms with Crippen LogP contribution in [-0.4, -0.2) is 29.4 Å². The van der Waals surface area contributed by atoms with Crippen molar-refractivity contribution in [1.29, 1.82) is 0 Å². The lowest BCUT2D eigenvalue weighted by Crippen LogP contribution is -2.19. The zero-order valence-corrected chi connectivity index (χ0v) is 10.6. The highest BCUT2D eigenvalue weighted by atomic mass is 32.2. The van der Waals surface area contributed by atoms with Gasteiger partial charge in [0.1, 0.15) is 6.61 Å². The lowest BCUT2D eigenvalue weighted by Gasteiger charge is -2.09. The molecule has 0 saturated carbocycles. The SMILES string of the molecule is Cc1c(N)cccc1S(=O)CCOCC(F)(F)F. The van der Waals surface area contributed by atoms with Gasteiger partial charge in [-0.05, 0) is 24.6 Å². The van der Waals surface area contributed by atoms with Crippen molar-refractivity contribution < 1.29 is 22.1 Å². The van der Waals surface area contributed by atoms with Crippen molar-refractivity contribution in [1.82, 2.24) is 0 Å². The second kappa shape index (κ2) is 6.19. The second-order valence-corrected chi connectivity index (χ2v) is 5.23. The van der Waals surface area contributed by atoms with E-state index in [2.05, 4.69) is 4.74 Å². The van der Waals surface area contributed by atoms with Crippen LogP contribution in [0.4, 0.5) is 18.9 Å². The Morgan fingerprint density at radius 2 is 2.06 bits per heavy atom. The number of alkyl halides is 3. The van der Waals surface area contributed by atoms with E-state index in [1.165, 1.54) is 0 Å². The molecule has 3 nitrogen and oxygen atoms in total. The summed E-state index contributed by atoms with van der Waals surface area (Å²) in [4.78, 5) is 0.533. The minimum Gasteiger partial charge on any atom is -0.398 e. The lowest BCUT2D eigenvalue weighted by molar-refractivity contribution is -0.172. The van der Waals surface area contributed by atoms with Gasteiger partial charge in [0.15, 0.2) is 0 Å². The van der Waals surface area contributed by atoms with Gasteiger partial charge in [-0.2, -0.15) is 13.2 Å². The molecule has 1 unspecified atom stereocenters. The molecule has 0 aliphatic carbocycles. The van der Waals surface area contributed by atoms with E-state index in [-0.39, 0.29) is 12.4 Å². The number of hydrogen-bond donors (Lipinski definition) is 1. The van der Waals surface area contributed by atoms with Gasteiger partial charge in [-0.1, -0.05) is 6.07 Å². The summed E-state index contributed by atoms with van der Waals surface area (Å²) in [6.07, 6.45) is -4.35. The van der Waals surface area contributed by atoms with Crippen LogP contribution in [0.5, 0.6) is 0 Å².